The molecule has 0 amide bonds. The van der Waals surface area contributed by atoms with Gasteiger partial charge in [0.05, 0.1) is 0 Å². The van der Waals surface area contributed by atoms with Gasteiger partial charge in [0, 0.05) is 25.2 Å². The Bertz CT molecular complexity index is 685. The number of aromatic nitrogens is 3. The van der Waals surface area contributed by atoms with Crippen LogP contribution in [0.3, 0.4) is 0 Å². The average molecular weight is 314 g/mol. The summed E-state index contributed by atoms with van der Waals surface area (Å²) >= 11 is 0. The molecule has 0 unspecified atom stereocenters. The molecule has 3 aliphatic rings. The lowest BCUT2D eigenvalue weighted by atomic mass is 9.60. The third-order valence-corrected chi connectivity index (χ3v) is 5.93. The summed E-state index contributed by atoms with van der Waals surface area (Å²) in [6, 6.07) is 6.50. The highest BCUT2D eigenvalue weighted by Gasteiger charge is 2.45. The second kappa shape index (κ2) is 5.32. The molecule has 3 aliphatic carbocycles. The maximum Gasteiger partial charge on any atom is 0.231 e. The number of nitrogens with zero attached hydrogens (tertiary/aromatic N) is 4. The molecule has 5 heteroatoms. The highest BCUT2D eigenvalue weighted by atomic mass is 19.1. The lowest BCUT2D eigenvalue weighted by Gasteiger charge is -2.45. The molecule has 0 radical (unpaired) electrons. The van der Waals surface area contributed by atoms with Crippen molar-refractivity contribution in [2.75, 3.05) is 11.9 Å². The van der Waals surface area contributed by atoms with Crippen molar-refractivity contribution in [2.24, 2.45) is 13.0 Å². The number of hydrogen-bond acceptors (Lipinski definition) is 3. The zero-order chi connectivity index (χ0) is 16.0. The van der Waals surface area contributed by atoms with Gasteiger partial charge >= 0.3 is 0 Å². The Labute approximate surface area is 136 Å². The molecular formula is C18H23FN4. The molecule has 1 heterocycles. The van der Waals surface area contributed by atoms with Gasteiger partial charge in [0.25, 0.3) is 0 Å². The topological polar surface area (TPSA) is 34.0 Å². The number of benzene rings is 1. The predicted octanol–water partition coefficient (Wildman–Crippen LogP) is 3.94. The molecule has 5 rings (SSSR count). The summed E-state index contributed by atoms with van der Waals surface area (Å²) in [4.78, 5) is 1.97. The van der Waals surface area contributed by atoms with Crippen LogP contribution in [0, 0.1) is 11.7 Å². The SMILES string of the molecule is CN(c1ccc(F)cc1)c1nnc(C23CCC(CC2)CC3)n1C. The molecule has 4 nitrogen and oxygen atoms in total. The van der Waals surface area contributed by atoms with E-state index in [1.165, 1.54) is 50.7 Å². The molecular weight excluding hydrogens is 291 g/mol. The summed E-state index contributed by atoms with van der Waals surface area (Å²) in [6.07, 6.45) is 7.71. The molecule has 0 N–H and O–H groups in total. The van der Waals surface area contributed by atoms with Gasteiger partial charge in [-0.3, -0.25) is 4.57 Å². The Morgan fingerprint density at radius 3 is 2.30 bits per heavy atom. The van der Waals surface area contributed by atoms with Gasteiger partial charge in [0.1, 0.15) is 11.6 Å². The van der Waals surface area contributed by atoms with E-state index in [4.69, 9.17) is 0 Å². The molecule has 0 spiro atoms. The van der Waals surface area contributed by atoms with E-state index < -0.39 is 0 Å². The second-order valence-corrected chi connectivity index (χ2v) is 7.18. The first-order valence-corrected chi connectivity index (χ1v) is 8.48. The number of halogens is 1. The van der Waals surface area contributed by atoms with Crippen LogP contribution < -0.4 is 4.90 Å². The van der Waals surface area contributed by atoms with Gasteiger partial charge in [-0.25, -0.2) is 4.39 Å². The Hall–Kier alpha value is -1.91. The zero-order valence-electron chi connectivity index (χ0n) is 13.8. The minimum absolute atomic E-state index is 0.221. The number of anilines is 2. The molecule has 2 aromatic rings. The van der Waals surface area contributed by atoms with Crippen molar-refractivity contribution in [3.8, 4) is 0 Å². The summed E-state index contributed by atoms with van der Waals surface area (Å²) in [5, 5.41) is 9.01. The summed E-state index contributed by atoms with van der Waals surface area (Å²) in [7, 11) is 4.01. The molecule has 0 aliphatic heterocycles. The lowest BCUT2D eigenvalue weighted by Crippen LogP contribution is -2.39. The molecule has 23 heavy (non-hydrogen) atoms. The first-order chi connectivity index (χ1) is 11.1. The van der Waals surface area contributed by atoms with Crippen LogP contribution >= 0.6 is 0 Å². The fraction of sp³-hybridized carbons (Fsp3) is 0.556. The van der Waals surface area contributed by atoms with Crippen molar-refractivity contribution in [3.63, 3.8) is 0 Å². The molecule has 3 saturated carbocycles. The third kappa shape index (κ3) is 2.33. The van der Waals surface area contributed by atoms with Crippen LogP contribution in [0.1, 0.15) is 44.3 Å². The molecule has 1 aromatic heterocycles. The van der Waals surface area contributed by atoms with Gasteiger partial charge < -0.3 is 4.90 Å². The molecule has 1 aromatic carbocycles. The quantitative estimate of drug-likeness (QED) is 0.860. The van der Waals surface area contributed by atoms with E-state index in [1.54, 1.807) is 12.1 Å². The van der Waals surface area contributed by atoms with Crippen LogP contribution in [0.2, 0.25) is 0 Å². The smallest absolute Gasteiger partial charge is 0.231 e. The maximum absolute atomic E-state index is 13.1. The zero-order valence-corrected chi connectivity index (χ0v) is 13.8. The number of hydrogen-bond donors (Lipinski definition) is 0. The highest BCUT2D eigenvalue weighted by molar-refractivity contribution is 5.56. The number of rotatable bonds is 3. The van der Waals surface area contributed by atoms with Gasteiger partial charge in [-0.1, -0.05) is 0 Å². The standard InChI is InChI=1S/C18H23FN4/c1-22(15-5-3-14(19)4-6-15)17-21-20-16(23(17)2)18-10-7-13(8-11-18)9-12-18/h3-6,13H,7-12H2,1-2H3. The van der Waals surface area contributed by atoms with Crippen molar-refractivity contribution >= 4 is 11.6 Å². The van der Waals surface area contributed by atoms with Crippen LogP contribution in [-0.4, -0.2) is 21.8 Å². The van der Waals surface area contributed by atoms with Gasteiger partial charge in [0.2, 0.25) is 5.95 Å². The van der Waals surface area contributed by atoms with E-state index in [9.17, 15) is 4.39 Å². The first kappa shape index (κ1) is 14.7. The van der Waals surface area contributed by atoms with Crippen molar-refractivity contribution in [3.05, 3.63) is 35.9 Å². The van der Waals surface area contributed by atoms with E-state index in [1.807, 2.05) is 11.9 Å². The third-order valence-electron chi connectivity index (χ3n) is 5.93. The van der Waals surface area contributed by atoms with Crippen LogP contribution in [0.25, 0.3) is 0 Å². The summed E-state index contributed by atoms with van der Waals surface area (Å²) in [5.74, 6) is 2.65. The van der Waals surface area contributed by atoms with E-state index in [0.29, 0.717) is 0 Å². The molecule has 2 bridgehead atoms. The second-order valence-electron chi connectivity index (χ2n) is 7.18. The normalized spacial score (nSPS) is 26.5. The fourth-order valence-electron chi connectivity index (χ4n) is 4.44. The molecule has 3 fully saturated rings. The Morgan fingerprint density at radius 2 is 1.70 bits per heavy atom. The van der Waals surface area contributed by atoms with Gasteiger partial charge in [-0.15, -0.1) is 10.2 Å². The van der Waals surface area contributed by atoms with Gasteiger partial charge in [-0.05, 0) is 68.7 Å². The average Bonchev–Trinajstić information content (AvgIpc) is 2.99. The molecule has 0 atom stereocenters. The van der Waals surface area contributed by atoms with Crippen molar-refractivity contribution in [1.82, 2.24) is 14.8 Å². The van der Waals surface area contributed by atoms with Crippen molar-refractivity contribution in [1.29, 1.82) is 0 Å². The Balaban J connectivity index is 1.66. The lowest BCUT2D eigenvalue weighted by molar-refractivity contribution is 0.125. The number of fused-ring (bicyclic) bond motifs is 3. The summed E-state index contributed by atoms with van der Waals surface area (Å²) in [5.41, 5.74) is 1.14. The largest absolute Gasteiger partial charge is 0.314 e. The van der Waals surface area contributed by atoms with Crippen LogP contribution in [0.5, 0.6) is 0 Å². The van der Waals surface area contributed by atoms with E-state index in [-0.39, 0.29) is 11.2 Å². The van der Waals surface area contributed by atoms with Crippen LogP contribution in [0.4, 0.5) is 16.0 Å². The van der Waals surface area contributed by atoms with E-state index in [0.717, 1.165) is 23.4 Å². The van der Waals surface area contributed by atoms with Gasteiger partial charge in [-0.2, -0.15) is 0 Å². The van der Waals surface area contributed by atoms with E-state index in [2.05, 4.69) is 21.8 Å². The Morgan fingerprint density at radius 1 is 1.09 bits per heavy atom. The molecule has 122 valence electrons. The first-order valence-electron chi connectivity index (χ1n) is 8.48. The van der Waals surface area contributed by atoms with Crippen molar-refractivity contribution < 1.29 is 4.39 Å². The molecule has 0 saturated heterocycles. The van der Waals surface area contributed by atoms with E-state index >= 15 is 0 Å². The minimum atomic E-state index is -0.223. The van der Waals surface area contributed by atoms with Gasteiger partial charge in [0.15, 0.2) is 0 Å². The fourth-order valence-corrected chi connectivity index (χ4v) is 4.44. The highest BCUT2D eigenvalue weighted by Crippen LogP contribution is 2.51. The maximum atomic E-state index is 13.1. The summed E-state index contributed by atoms with van der Waals surface area (Å²) in [6.45, 7) is 0. The Kier molecular flexibility index (Phi) is 3.39. The van der Waals surface area contributed by atoms with Crippen LogP contribution in [0.15, 0.2) is 24.3 Å². The predicted molar refractivity (Wildman–Crippen MR) is 88.3 cm³/mol. The van der Waals surface area contributed by atoms with Crippen molar-refractivity contribution in [2.45, 2.75) is 43.9 Å². The monoisotopic (exact) mass is 314 g/mol. The van der Waals surface area contributed by atoms with Crippen LogP contribution in [-0.2, 0) is 12.5 Å². The minimum Gasteiger partial charge on any atom is -0.314 e. The summed E-state index contributed by atoms with van der Waals surface area (Å²) < 4.78 is 15.3.